The molecule has 0 aliphatic carbocycles. The van der Waals surface area contributed by atoms with Gasteiger partial charge in [-0.15, -0.1) is 0 Å². The van der Waals surface area contributed by atoms with Gasteiger partial charge in [-0.25, -0.2) is 0 Å². The van der Waals surface area contributed by atoms with Crippen LogP contribution in [0.25, 0.3) is 10.8 Å². The van der Waals surface area contributed by atoms with Gasteiger partial charge in [-0.2, -0.15) is 0 Å². The second-order valence-electron chi connectivity index (χ2n) is 5.63. The molecular weight excluding hydrogens is 316 g/mol. The van der Waals surface area contributed by atoms with E-state index < -0.39 is 37.3 Å². The fourth-order valence-corrected chi connectivity index (χ4v) is 2.84. The van der Waals surface area contributed by atoms with Crippen LogP contribution >= 0.6 is 0 Å². The Kier molecular flexibility index (Phi) is 4.88. The second-order valence-corrected chi connectivity index (χ2v) is 5.63. The van der Waals surface area contributed by atoms with Crippen molar-refractivity contribution in [3.8, 4) is 11.5 Å². The maximum atomic E-state index is 10.2. The SMILES string of the molecule is COc1ccc2ccccc2c1O[C@@H]1[C@@H](O)[C@@H](O)[C@@H](CO)O[C@H]1O. The minimum atomic E-state index is -1.51. The first-order valence-corrected chi connectivity index (χ1v) is 7.59. The molecule has 2 aromatic carbocycles. The van der Waals surface area contributed by atoms with E-state index in [0.29, 0.717) is 11.5 Å². The highest BCUT2D eigenvalue weighted by Gasteiger charge is 2.45. The monoisotopic (exact) mass is 336 g/mol. The zero-order valence-corrected chi connectivity index (χ0v) is 13.1. The Morgan fingerprint density at radius 2 is 1.79 bits per heavy atom. The molecule has 7 nitrogen and oxygen atoms in total. The molecule has 0 spiro atoms. The number of benzene rings is 2. The van der Waals surface area contributed by atoms with Crippen molar-refractivity contribution >= 4 is 10.8 Å². The Morgan fingerprint density at radius 1 is 1.04 bits per heavy atom. The first-order valence-electron chi connectivity index (χ1n) is 7.59. The zero-order chi connectivity index (χ0) is 17.3. The highest BCUT2D eigenvalue weighted by molar-refractivity contribution is 5.90. The summed E-state index contributed by atoms with van der Waals surface area (Å²) in [5.41, 5.74) is 0. The number of hydrogen-bond donors (Lipinski definition) is 4. The van der Waals surface area contributed by atoms with Gasteiger partial charge in [-0.3, -0.25) is 0 Å². The van der Waals surface area contributed by atoms with Gasteiger partial charge in [0.1, 0.15) is 18.3 Å². The molecule has 130 valence electrons. The van der Waals surface area contributed by atoms with Gasteiger partial charge in [0.05, 0.1) is 13.7 Å². The van der Waals surface area contributed by atoms with E-state index in [-0.39, 0.29) is 0 Å². The number of aliphatic hydroxyl groups is 4. The van der Waals surface area contributed by atoms with Crippen molar-refractivity contribution in [3.05, 3.63) is 36.4 Å². The largest absolute Gasteiger partial charge is 0.493 e. The van der Waals surface area contributed by atoms with Gasteiger partial charge in [0.15, 0.2) is 23.9 Å². The highest BCUT2D eigenvalue weighted by Crippen LogP contribution is 2.37. The molecule has 1 heterocycles. The van der Waals surface area contributed by atoms with Crippen LogP contribution in [-0.2, 0) is 4.74 Å². The van der Waals surface area contributed by atoms with E-state index in [2.05, 4.69) is 0 Å². The van der Waals surface area contributed by atoms with Crippen molar-refractivity contribution in [2.24, 2.45) is 0 Å². The molecule has 7 heteroatoms. The van der Waals surface area contributed by atoms with E-state index in [9.17, 15) is 15.3 Å². The normalized spacial score (nSPS) is 30.3. The Labute approximate surface area is 138 Å². The third-order valence-corrected chi connectivity index (χ3v) is 4.16. The van der Waals surface area contributed by atoms with E-state index in [4.69, 9.17) is 19.3 Å². The second kappa shape index (κ2) is 6.92. The maximum absolute atomic E-state index is 10.2. The smallest absolute Gasteiger partial charge is 0.195 e. The van der Waals surface area contributed by atoms with Crippen LogP contribution in [0.1, 0.15) is 0 Å². The molecule has 1 fully saturated rings. The van der Waals surface area contributed by atoms with Crippen LogP contribution in [0.3, 0.4) is 0 Å². The minimum absolute atomic E-state index is 0.331. The molecule has 0 bridgehead atoms. The van der Waals surface area contributed by atoms with Crippen LogP contribution in [0.15, 0.2) is 36.4 Å². The first kappa shape index (κ1) is 16.9. The summed E-state index contributed by atoms with van der Waals surface area (Å²) in [6.45, 7) is -0.528. The summed E-state index contributed by atoms with van der Waals surface area (Å²) in [6, 6.07) is 11.0. The predicted octanol–water partition coefficient (Wildman–Crippen LogP) is 0.0271. The summed E-state index contributed by atoms with van der Waals surface area (Å²) in [4.78, 5) is 0. The van der Waals surface area contributed by atoms with Crippen LogP contribution < -0.4 is 9.47 Å². The Morgan fingerprint density at radius 3 is 2.50 bits per heavy atom. The topological polar surface area (TPSA) is 109 Å². The van der Waals surface area contributed by atoms with Crippen LogP contribution in [0.5, 0.6) is 11.5 Å². The molecule has 2 aromatic rings. The molecular formula is C17H20O7. The van der Waals surface area contributed by atoms with E-state index in [0.717, 1.165) is 10.8 Å². The van der Waals surface area contributed by atoms with E-state index in [1.54, 1.807) is 6.07 Å². The van der Waals surface area contributed by atoms with E-state index >= 15 is 0 Å². The molecule has 4 N–H and O–H groups in total. The lowest BCUT2D eigenvalue weighted by Crippen LogP contribution is -2.60. The Hall–Kier alpha value is -1.90. The van der Waals surface area contributed by atoms with Crippen molar-refractivity contribution < 1.29 is 34.6 Å². The summed E-state index contributed by atoms with van der Waals surface area (Å²) in [5.74, 6) is 0.754. The molecule has 0 aromatic heterocycles. The highest BCUT2D eigenvalue weighted by atomic mass is 16.7. The van der Waals surface area contributed by atoms with Gasteiger partial charge in [-0.05, 0) is 11.5 Å². The van der Waals surface area contributed by atoms with E-state index in [1.807, 2.05) is 30.3 Å². The zero-order valence-electron chi connectivity index (χ0n) is 13.1. The van der Waals surface area contributed by atoms with Gasteiger partial charge in [0.25, 0.3) is 0 Å². The van der Waals surface area contributed by atoms with Gasteiger partial charge in [0, 0.05) is 5.39 Å². The molecule has 24 heavy (non-hydrogen) atoms. The quantitative estimate of drug-likeness (QED) is 0.624. The van der Waals surface area contributed by atoms with Gasteiger partial charge in [-0.1, -0.05) is 30.3 Å². The molecule has 1 saturated heterocycles. The standard InChI is InChI=1S/C17H20O7/c1-22-11-7-6-9-4-2-3-5-10(9)15(11)24-16-14(20)13(19)12(8-18)23-17(16)21/h2-7,12-14,16-21H,8H2,1H3/t12-,13+,14+,16-,17-/m1/s1. The number of rotatable bonds is 4. The Bertz CT molecular complexity index is 704. The van der Waals surface area contributed by atoms with Crippen LogP contribution in [0, 0.1) is 0 Å². The summed E-state index contributed by atoms with van der Waals surface area (Å²) in [6.07, 6.45) is -6.64. The minimum Gasteiger partial charge on any atom is -0.493 e. The lowest BCUT2D eigenvalue weighted by molar-refractivity contribution is -0.280. The molecule has 1 aliphatic rings. The van der Waals surface area contributed by atoms with E-state index in [1.165, 1.54) is 7.11 Å². The number of hydrogen-bond acceptors (Lipinski definition) is 7. The maximum Gasteiger partial charge on any atom is 0.195 e. The summed E-state index contributed by atoms with van der Waals surface area (Å²) in [5, 5.41) is 41.1. The molecule has 0 saturated carbocycles. The summed E-state index contributed by atoms with van der Waals surface area (Å²) < 4.78 is 16.2. The molecule has 0 unspecified atom stereocenters. The number of aliphatic hydroxyl groups excluding tert-OH is 4. The van der Waals surface area contributed by atoms with Gasteiger partial charge < -0.3 is 34.6 Å². The number of ether oxygens (including phenoxy) is 3. The van der Waals surface area contributed by atoms with Crippen LogP contribution in [-0.4, -0.2) is 64.8 Å². The first-order chi connectivity index (χ1) is 11.6. The average molecular weight is 336 g/mol. The van der Waals surface area contributed by atoms with Crippen LogP contribution in [0.2, 0.25) is 0 Å². The third kappa shape index (κ3) is 2.92. The Balaban J connectivity index is 1.97. The van der Waals surface area contributed by atoms with Crippen molar-refractivity contribution in [3.63, 3.8) is 0 Å². The lowest BCUT2D eigenvalue weighted by Gasteiger charge is -2.40. The van der Waals surface area contributed by atoms with Crippen molar-refractivity contribution in [1.82, 2.24) is 0 Å². The van der Waals surface area contributed by atoms with Crippen molar-refractivity contribution in [2.45, 2.75) is 30.7 Å². The molecule has 0 radical (unpaired) electrons. The van der Waals surface area contributed by atoms with Crippen molar-refractivity contribution in [2.75, 3.05) is 13.7 Å². The average Bonchev–Trinajstić information content (AvgIpc) is 2.61. The summed E-state index contributed by atoms with van der Waals surface area (Å²) in [7, 11) is 1.48. The molecule has 5 atom stereocenters. The molecule has 3 rings (SSSR count). The van der Waals surface area contributed by atoms with Crippen LogP contribution in [0.4, 0.5) is 0 Å². The molecule has 1 aliphatic heterocycles. The number of methoxy groups -OCH3 is 1. The number of fused-ring (bicyclic) bond motifs is 1. The van der Waals surface area contributed by atoms with Crippen molar-refractivity contribution in [1.29, 1.82) is 0 Å². The fourth-order valence-electron chi connectivity index (χ4n) is 2.84. The lowest BCUT2D eigenvalue weighted by atomic mass is 9.99. The fraction of sp³-hybridized carbons (Fsp3) is 0.412. The predicted molar refractivity (Wildman–Crippen MR) is 84.9 cm³/mol. The van der Waals surface area contributed by atoms with Gasteiger partial charge in [0.2, 0.25) is 0 Å². The third-order valence-electron chi connectivity index (χ3n) is 4.16. The summed E-state index contributed by atoms with van der Waals surface area (Å²) >= 11 is 0. The molecule has 0 amide bonds. The van der Waals surface area contributed by atoms with Gasteiger partial charge >= 0.3 is 0 Å².